The highest BCUT2D eigenvalue weighted by Gasteiger charge is 2.28. The predicted molar refractivity (Wildman–Crippen MR) is 131 cm³/mol. The Balaban J connectivity index is 0.00000149. The summed E-state index contributed by atoms with van der Waals surface area (Å²) in [4.78, 5) is 19.4. The van der Waals surface area contributed by atoms with Gasteiger partial charge in [-0.1, -0.05) is 55.1 Å². The van der Waals surface area contributed by atoms with Crippen LogP contribution in [0.4, 0.5) is 5.82 Å². The van der Waals surface area contributed by atoms with Crippen LogP contribution in [0.25, 0.3) is 5.52 Å². The third kappa shape index (κ3) is 5.86. The molecule has 3 heterocycles. The highest BCUT2D eigenvalue weighted by Crippen LogP contribution is 2.28. The summed E-state index contributed by atoms with van der Waals surface area (Å²) in [5, 5.41) is 14.7. The lowest BCUT2D eigenvalue weighted by Gasteiger charge is -2.26. The van der Waals surface area contributed by atoms with Crippen molar-refractivity contribution >= 4 is 17.2 Å². The molecule has 0 bridgehead atoms. The quantitative estimate of drug-likeness (QED) is 0.409. The second-order valence-corrected chi connectivity index (χ2v) is 7.26. The summed E-state index contributed by atoms with van der Waals surface area (Å²) >= 11 is 0. The number of carbonyl (C=O) groups is 1. The molecule has 170 valence electrons. The average Bonchev–Trinajstić information content (AvgIpc) is 3.25. The molecule has 7 nitrogen and oxygen atoms in total. The summed E-state index contributed by atoms with van der Waals surface area (Å²) in [5.41, 5.74) is 6.77. The summed E-state index contributed by atoms with van der Waals surface area (Å²) < 4.78 is 1.77. The smallest absolute Gasteiger partial charge is 0.255 e. The standard InChI is InChI=1S/C25H25N5O.CH4O/c1-2-3-4-5-6-7-11-15-29-16-14-21-22(25(29)31)18-30-23(21)24(27-19-28-30)26-17-20-12-9-8-10-13-20;1-2/h2-3,5-10,12-13,18-19H,1,11,14-17H2,(H,26,27,28);2H,1H3/b7-6-;. The van der Waals surface area contributed by atoms with Gasteiger partial charge in [0.1, 0.15) is 11.8 Å². The van der Waals surface area contributed by atoms with Crippen LogP contribution in [0.2, 0.25) is 0 Å². The molecule has 7 heteroatoms. The lowest BCUT2D eigenvalue weighted by atomic mass is 10.0. The summed E-state index contributed by atoms with van der Waals surface area (Å²) in [7, 11) is 1.00. The number of nitrogens with one attached hydrogen (secondary N) is 1. The first-order chi connectivity index (χ1) is 16.3. The van der Waals surface area contributed by atoms with Gasteiger partial charge in [-0.25, -0.2) is 9.50 Å². The number of nitrogens with zero attached hydrogens (tertiary/aromatic N) is 4. The lowest BCUT2D eigenvalue weighted by Crippen LogP contribution is -2.37. The fraction of sp³-hybridized carbons (Fsp3) is 0.231. The Hall–Kier alpha value is -3.93. The molecular formula is C26H29N5O2. The number of benzene rings is 1. The summed E-state index contributed by atoms with van der Waals surface area (Å²) in [6.45, 7) is 5.65. The van der Waals surface area contributed by atoms with Gasteiger partial charge >= 0.3 is 0 Å². The van der Waals surface area contributed by atoms with E-state index in [-0.39, 0.29) is 5.91 Å². The van der Waals surface area contributed by atoms with Crippen molar-refractivity contribution in [3.8, 4) is 0 Å². The van der Waals surface area contributed by atoms with E-state index in [9.17, 15) is 4.79 Å². The summed E-state index contributed by atoms with van der Waals surface area (Å²) in [6, 6.07) is 10.2. The molecule has 0 atom stereocenters. The first-order valence-electron chi connectivity index (χ1n) is 10.8. The van der Waals surface area contributed by atoms with E-state index < -0.39 is 0 Å². The van der Waals surface area contributed by atoms with Crippen LogP contribution in [-0.4, -0.2) is 50.7 Å². The number of aromatic nitrogens is 3. The monoisotopic (exact) mass is 443 g/mol. The maximum atomic E-state index is 13.1. The molecule has 1 aliphatic heterocycles. The van der Waals surface area contributed by atoms with Crippen molar-refractivity contribution in [3.63, 3.8) is 0 Å². The largest absolute Gasteiger partial charge is 0.400 e. The molecule has 0 aliphatic carbocycles. The molecule has 33 heavy (non-hydrogen) atoms. The van der Waals surface area contributed by atoms with Gasteiger partial charge in [-0.3, -0.25) is 4.79 Å². The number of hydrogen-bond donors (Lipinski definition) is 2. The molecular weight excluding hydrogens is 414 g/mol. The Morgan fingerprint density at radius 1 is 1.24 bits per heavy atom. The minimum atomic E-state index is 0.0521. The number of hydrogen-bond acceptors (Lipinski definition) is 5. The van der Waals surface area contributed by atoms with E-state index in [1.165, 1.54) is 11.9 Å². The van der Waals surface area contributed by atoms with Crippen molar-refractivity contribution in [3.05, 3.63) is 102 Å². The van der Waals surface area contributed by atoms with Crippen molar-refractivity contribution in [1.82, 2.24) is 19.5 Å². The van der Waals surface area contributed by atoms with Crippen LogP contribution < -0.4 is 5.32 Å². The van der Waals surface area contributed by atoms with Crippen LogP contribution in [0.5, 0.6) is 0 Å². The fourth-order valence-electron chi connectivity index (χ4n) is 3.73. The van der Waals surface area contributed by atoms with Crippen molar-refractivity contribution in [2.75, 3.05) is 25.5 Å². The molecule has 0 radical (unpaired) electrons. The van der Waals surface area contributed by atoms with Crippen LogP contribution in [0.15, 0.2) is 85.5 Å². The second kappa shape index (κ2) is 12.2. The molecule has 2 aromatic heterocycles. The topological polar surface area (TPSA) is 82.8 Å². The highest BCUT2D eigenvalue weighted by molar-refractivity contribution is 6.00. The molecule has 2 N–H and O–H groups in total. The van der Waals surface area contributed by atoms with Crippen LogP contribution in [0.1, 0.15) is 27.9 Å². The van der Waals surface area contributed by atoms with Crippen molar-refractivity contribution in [2.45, 2.75) is 19.4 Å². The molecule has 1 aromatic carbocycles. The zero-order valence-electron chi connectivity index (χ0n) is 18.8. The number of carbonyl (C=O) groups excluding carboxylic acids is 1. The van der Waals surface area contributed by atoms with Gasteiger partial charge in [-0.2, -0.15) is 5.10 Å². The third-order valence-corrected chi connectivity index (χ3v) is 5.24. The van der Waals surface area contributed by atoms with E-state index in [1.807, 2.05) is 47.5 Å². The van der Waals surface area contributed by atoms with E-state index in [4.69, 9.17) is 5.11 Å². The Kier molecular flexibility index (Phi) is 8.77. The molecule has 0 unspecified atom stereocenters. The lowest BCUT2D eigenvalue weighted by molar-refractivity contribution is 0.0744. The number of aliphatic hydroxyl groups is 1. The van der Waals surface area contributed by atoms with Gasteiger partial charge in [0.25, 0.3) is 5.91 Å². The summed E-state index contributed by atoms with van der Waals surface area (Å²) in [6.07, 6.45) is 14.2. The molecule has 3 aromatic rings. The number of anilines is 1. The van der Waals surface area contributed by atoms with Gasteiger partial charge in [0.05, 0.1) is 5.56 Å². The predicted octanol–water partition coefficient (Wildman–Crippen LogP) is 3.79. The van der Waals surface area contributed by atoms with Crippen LogP contribution in [-0.2, 0) is 13.0 Å². The number of aliphatic hydroxyl groups excluding tert-OH is 1. The highest BCUT2D eigenvalue weighted by atomic mass is 16.2. The SMILES string of the molecule is C=CC=C=C/C=C\CCN1CCc2c(cn3ncnc(NCc4ccccc4)c23)C1=O.CO. The van der Waals surface area contributed by atoms with E-state index in [1.54, 1.807) is 16.7 Å². The maximum absolute atomic E-state index is 13.1. The number of fused-ring (bicyclic) bond motifs is 3. The normalized spacial score (nSPS) is 12.5. The van der Waals surface area contributed by atoms with Gasteiger partial charge in [0.15, 0.2) is 5.82 Å². The van der Waals surface area contributed by atoms with Crippen molar-refractivity contribution < 1.29 is 9.90 Å². The molecule has 1 aliphatic rings. The maximum Gasteiger partial charge on any atom is 0.255 e. The van der Waals surface area contributed by atoms with Crippen LogP contribution >= 0.6 is 0 Å². The molecule has 1 amide bonds. The van der Waals surface area contributed by atoms with Gasteiger partial charge in [0.2, 0.25) is 0 Å². The van der Waals surface area contributed by atoms with Gasteiger partial charge < -0.3 is 15.3 Å². The zero-order chi connectivity index (χ0) is 23.5. The first kappa shape index (κ1) is 23.7. The van der Waals surface area contributed by atoms with E-state index in [0.29, 0.717) is 25.2 Å². The first-order valence-corrected chi connectivity index (χ1v) is 10.8. The molecule has 0 fully saturated rings. The Morgan fingerprint density at radius 2 is 2.06 bits per heavy atom. The minimum absolute atomic E-state index is 0.0521. The molecule has 4 rings (SSSR count). The second-order valence-electron chi connectivity index (χ2n) is 7.26. The zero-order valence-corrected chi connectivity index (χ0v) is 18.8. The molecule has 0 saturated heterocycles. The number of rotatable bonds is 8. The summed E-state index contributed by atoms with van der Waals surface area (Å²) in [5.74, 6) is 0.805. The fourth-order valence-corrected chi connectivity index (χ4v) is 3.73. The van der Waals surface area contributed by atoms with Crippen molar-refractivity contribution in [1.29, 1.82) is 0 Å². The Bertz CT molecular complexity index is 1170. The molecule has 0 saturated carbocycles. The average molecular weight is 444 g/mol. The Labute approximate surface area is 194 Å². The third-order valence-electron chi connectivity index (χ3n) is 5.24. The van der Waals surface area contributed by atoms with Gasteiger partial charge in [-0.05, 0) is 36.1 Å². The van der Waals surface area contributed by atoms with Crippen LogP contribution in [0, 0.1) is 0 Å². The van der Waals surface area contributed by atoms with E-state index in [2.05, 4.69) is 39.8 Å². The Morgan fingerprint density at radius 3 is 2.85 bits per heavy atom. The van der Waals surface area contributed by atoms with Gasteiger partial charge in [-0.15, -0.1) is 5.73 Å². The number of amides is 1. The molecule has 0 spiro atoms. The van der Waals surface area contributed by atoms with Crippen LogP contribution in [0.3, 0.4) is 0 Å². The van der Waals surface area contributed by atoms with Gasteiger partial charge in [0, 0.05) is 32.9 Å². The van der Waals surface area contributed by atoms with E-state index in [0.717, 1.165) is 36.8 Å². The van der Waals surface area contributed by atoms with Crippen molar-refractivity contribution in [2.24, 2.45) is 0 Å². The van der Waals surface area contributed by atoms with E-state index >= 15 is 0 Å². The number of allylic oxidation sites excluding steroid dienone is 3. The minimum Gasteiger partial charge on any atom is -0.400 e.